The van der Waals surface area contributed by atoms with Gasteiger partial charge in [-0.15, -0.1) is 12.4 Å². The number of rotatable bonds is 8. The Morgan fingerprint density at radius 1 is 1.10 bits per heavy atom. The summed E-state index contributed by atoms with van der Waals surface area (Å²) < 4.78 is 11.6. The summed E-state index contributed by atoms with van der Waals surface area (Å²) in [6, 6.07) is 15.1. The third kappa shape index (κ3) is 6.38. The standard InChI is InChI=1S/C23H30N2O3.ClH/c1-16(25-23(26)15-20(24)17-8-4-3-5-9-17)18-12-13-21(22(14-18)27-2)28-19-10-6-7-11-19;/h3-5,8-9,12-14,16,19-20H,6-7,10-11,15,24H2,1-2H3,(H,25,26);1H. The van der Waals surface area contributed by atoms with Crippen LogP contribution in [0.5, 0.6) is 11.5 Å². The van der Waals surface area contributed by atoms with Crippen molar-refractivity contribution < 1.29 is 14.3 Å². The van der Waals surface area contributed by atoms with E-state index in [2.05, 4.69) is 5.32 Å². The lowest BCUT2D eigenvalue weighted by Gasteiger charge is -2.20. The number of hydrogen-bond donors (Lipinski definition) is 2. The quantitative estimate of drug-likeness (QED) is 0.651. The number of nitrogens with two attached hydrogens (primary N) is 1. The van der Waals surface area contributed by atoms with Gasteiger partial charge in [0.15, 0.2) is 11.5 Å². The molecule has 2 atom stereocenters. The molecule has 0 saturated heterocycles. The third-order valence-electron chi connectivity index (χ3n) is 5.29. The van der Waals surface area contributed by atoms with Crippen LogP contribution in [0.3, 0.4) is 0 Å². The van der Waals surface area contributed by atoms with Crippen LogP contribution in [-0.2, 0) is 4.79 Å². The van der Waals surface area contributed by atoms with Crippen molar-refractivity contribution in [3.05, 3.63) is 59.7 Å². The molecule has 3 N–H and O–H groups in total. The topological polar surface area (TPSA) is 73.6 Å². The molecule has 0 bridgehead atoms. The molecule has 29 heavy (non-hydrogen) atoms. The molecule has 2 aromatic carbocycles. The molecule has 1 fully saturated rings. The van der Waals surface area contributed by atoms with E-state index >= 15 is 0 Å². The highest BCUT2D eigenvalue weighted by atomic mass is 35.5. The smallest absolute Gasteiger partial charge is 0.222 e. The molecular formula is C23H31ClN2O3. The largest absolute Gasteiger partial charge is 0.493 e. The van der Waals surface area contributed by atoms with Crippen molar-refractivity contribution in [3.63, 3.8) is 0 Å². The first-order valence-corrected chi connectivity index (χ1v) is 10.0. The summed E-state index contributed by atoms with van der Waals surface area (Å²) in [5.41, 5.74) is 8.08. The third-order valence-corrected chi connectivity index (χ3v) is 5.29. The van der Waals surface area contributed by atoms with Crippen LogP contribution in [0.1, 0.15) is 62.2 Å². The molecule has 158 valence electrons. The molecule has 1 aliphatic carbocycles. The lowest BCUT2D eigenvalue weighted by atomic mass is 10.0. The van der Waals surface area contributed by atoms with Gasteiger partial charge in [0, 0.05) is 12.5 Å². The van der Waals surface area contributed by atoms with Crippen LogP contribution in [0.25, 0.3) is 0 Å². The fourth-order valence-electron chi connectivity index (χ4n) is 3.64. The highest BCUT2D eigenvalue weighted by molar-refractivity contribution is 5.85. The van der Waals surface area contributed by atoms with Crippen LogP contribution in [0.4, 0.5) is 0 Å². The van der Waals surface area contributed by atoms with Crippen molar-refractivity contribution in [1.29, 1.82) is 0 Å². The fraction of sp³-hybridized carbons (Fsp3) is 0.435. The Kier molecular flexibility index (Phi) is 8.80. The fourth-order valence-corrected chi connectivity index (χ4v) is 3.64. The Labute approximate surface area is 179 Å². The molecule has 1 amide bonds. The van der Waals surface area contributed by atoms with Crippen molar-refractivity contribution in [1.82, 2.24) is 5.32 Å². The number of carbonyl (C=O) groups is 1. The first-order valence-electron chi connectivity index (χ1n) is 10.0. The van der Waals surface area contributed by atoms with Crippen LogP contribution >= 0.6 is 12.4 Å². The molecule has 3 rings (SSSR count). The van der Waals surface area contributed by atoms with Crippen LogP contribution in [0, 0.1) is 0 Å². The summed E-state index contributed by atoms with van der Waals surface area (Å²) in [7, 11) is 1.64. The number of halogens is 1. The van der Waals surface area contributed by atoms with Crippen molar-refractivity contribution >= 4 is 18.3 Å². The average Bonchev–Trinajstić information content (AvgIpc) is 3.21. The molecule has 0 radical (unpaired) electrons. The van der Waals surface area contributed by atoms with E-state index in [1.54, 1.807) is 7.11 Å². The first-order chi connectivity index (χ1) is 13.6. The maximum Gasteiger partial charge on any atom is 0.222 e. The Balaban J connectivity index is 0.00000300. The van der Waals surface area contributed by atoms with Crippen molar-refractivity contribution in [3.8, 4) is 11.5 Å². The Hall–Kier alpha value is -2.24. The Morgan fingerprint density at radius 3 is 2.45 bits per heavy atom. The number of amides is 1. The van der Waals surface area contributed by atoms with E-state index in [4.69, 9.17) is 15.2 Å². The Bertz CT molecular complexity index is 779. The van der Waals surface area contributed by atoms with Crippen LogP contribution in [0.2, 0.25) is 0 Å². The second kappa shape index (κ2) is 11.1. The molecule has 0 spiro atoms. The summed E-state index contributed by atoms with van der Waals surface area (Å²) in [6.07, 6.45) is 5.15. The predicted molar refractivity (Wildman–Crippen MR) is 118 cm³/mol. The molecule has 0 heterocycles. The molecule has 6 heteroatoms. The van der Waals surface area contributed by atoms with E-state index in [1.807, 2.05) is 55.5 Å². The summed E-state index contributed by atoms with van der Waals surface area (Å²) >= 11 is 0. The SMILES string of the molecule is COc1cc(C(C)NC(=O)CC(N)c2ccccc2)ccc1OC1CCCC1.Cl. The second-order valence-corrected chi connectivity index (χ2v) is 7.45. The second-order valence-electron chi connectivity index (χ2n) is 7.45. The van der Waals surface area contributed by atoms with Gasteiger partial charge in [-0.3, -0.25) is 4.79 Å². The lowest BCUT2D eigenvalue weighted by Crippen LogP contribution is -2.29. The summed E-state index contributed by atoms with van der Waals surface area (Å²) in [5, 5.41) is 3.03. The Morgan fingerprint density at radius 2 is 1.79 bits per heavy atom. The van der Waals surface area contributed by atoms with E-state index in [9.17, 15) is 4.79 Å². The number of benzene rings is 2. The van der Waals surface area contributed by atoms with Crippen molar-refractivity contribution in [2.75, 3.05) is 7.11 Å². The van der Waals surface area contributed by atoms with E-state index in [1.165, 1.54) is 12.8 Å². The van der Waals surface area contributed by atoms with Crippen LogP contribution in [0.15, 0.2) is 48.5 Å². The minimum Gasteiger partial charge on any atom is -0.493 e. The summed E-state index contributed by atoms with van der Waals surface area (Å²) in [5.74, 6) is 1.39. The highest BCUT2D eigenvalue weighted by Gasteiger charge is 2.20. The molecule has 0 aromatic heterocycles. The van der Waals surface area contributed by atoms with Crippen LogP contribution < -0.4 is 20.5 Å². The van der Waals surface area contributed by atoms with Crippen molar-refractivity contribution in [2.24, 2.45) is 5.73 Å². The monoisotopic (exact) mass is 418 g/mol. The van der Waals surface area contributed by atoms with Gasteiger partial charge in [-0.25, -0.2) is 0 Å². The number of hydrogen-bond acceptors (Lipinski definition) is 4. The van der Waals surface area contributed by atoms with Gasteiger partial charge in [-0.05, 0) is 55.9 Å². The zero-order chi connectivity index (χ0) is 19.9. The van der Waals surface area contributed by atoms with Crippen LogP contribution in [-0.4, -0.2) is 19.1 Å². The van der Waals surface area contributed by atoms with Gasteiger partial charge >= 0.3 is 0 Å². The molecule has 1 saturated carbocycles. The number of carbonyl (C=O) groups excluding carboxylic acids is 1. The lowest BCUT2D eigenvalue weighted by molar-refractivity contribution is -0.122. The van der Waals surface area contributed by atoms with Gasteiger partial charge in [0.25, 0.3) is 0 Å². The minimum absolute atomic E-state index is 0. The summed E-state index contributed by atoms with van der Waals surface area (Å²) in [6.45, 7) is 1.96. The number of ether oxygens (including phenoxy) is 2. The minimum atomic E-state index is -0.315. The molecule has 5 nitrogen and oxygen atoms in total. The van der Waals surface area contributed by atoms with Gasteiger partial charge in [-0.2, -0.15) is 0 Å². The van der Waals surface area contributed by atoms with E-state index < -0.39 is 0 Å². The zero-order valence-corrected chi connectivity index (χ0v) is 17.9. The highest BCUT2D eigenvalue weighted by Crippen LogP contribution is 2.33. The van der Waals surface area contributed by atoms with E-state index in [-0.39, 0.29) is 42.9 Å². The van der Waals surface area contributed by atoms with E-state index in [0.29, 0.717) is 5.75 Å². The first kappa shape index (κ1) is 23.0. The zero-order valence-electron chi connectivity index (χ0n) is 17.1. The number of nitrogens with one attached hydrogen (secondary N) is 1. The van der Waals surface area contributed by atoms with Crippen molar-refractivity contribution in [2.45, 2.75) is 57.2 Å². The predicted octanol–water partition coefficient (Wildman–Crippen LogP) is 4.71. The molecular weight excluding hydrogens is 388 g/mol. The van der Waals surface area contributed by atoms with E-state index in [0.717, 1.165) is 29.7 Å². The number of methoxy groups -OCH3 is 1. The van der Waals surface area contributed by atoms with Gasteiger partial charge in [0.1, 0.15) is 0 Å². The molecule has 1 aliphatic rings. The average molecular weight is 419 g/mol. The van der Waals surface area contributed by atoms with Gasteiger partial charge in [0.05, 0.1) is 19.3 Å². The normalized spacial score (nSPS) is 15.8. The summed E-state index contributed by atoms with van der Waals surface area (Å²) in [4.78, 5) is 12.4. The molecule has 2 aromatic rings. The molecule has 2 unspecified atom stereocenters. The van der Waals surface area contributed by atoms with Gasteiger partial charge < -0.3 is 20.5 Å². The maximum absolute atomic E-state index is 12.4. The molecule has 0 aliphatic heterocycles. The van der Waals surface area contributed by atoms with Gasteiger partial charge in [-0.1, -0.05) is 36.4 Å². The maximum atomic E-state index is 12.4. The van der Waals surface area contributed by atoms with Gasteiger partial charge in [0.2, 0.25) is 5.91 Å².